The van der Waals surface area contributed by atoms with Gasteiger partial charge in [-0.05, 0) is 105 Å². The summed E-state index contributed by atoms with van der Waals surface area (Å²) in [5.41, 5.74) is 2.64. The minimum Gasteiger partial charge on any atom is -0.496 e. The number of esters is 1. The molecule has 74 heavy (non-hydrogen) atoms. The van der Waals surface area contributed by atoms with Crippen LogP contribution in [-0.4, -0.2) is 140 Å². The lowest BCUT2D eigenvalue weighted by Crippen LogP contribution is -2.53. The Morgan fingerprint density at radius 3 is 1.96 bits per heavy atom. The summed E-state index contributed by atoms with van der Waals surface area (Å²) >= 11 is 14.9. The first-order valence-electron chi connectivity index (χ1n) is 25.3. The molecule has 19 nitrogen and oxygen atoms in total. The first-order chi connectivity index (χ1) is 35.2. The number of rotatable bonds is 32. The van der Waals surface area contributed by atoms with Crippen molar-refractivity contribution in [2.24, 2.45) is 5.41 Å². The van der Waals surface area contributed by atoms with E-state index in [4.69, 9.17) is 76.8 Å². The fourth-order valence-electron chi connectivity index (χ4n) is 9.50. The Balaban J connectivity index is 0.899. The van der Waals surface area contributed by atoms with E-state index in [0.717, 1.165) is 93.9 Å². The number of nitrogens with zero attached hydrogens (tertiary/aromatic N) is 2. The Bertz CT molecular complexity index is 2280. The molecule has 3 amide bonds. The van der Waals surface area contributed by atoms with Gasteiger partial charge in [0.2, 0.25) is 11.8 Å². The third kappa shape index (κ3) is 21.6. The molecule has 5 atom stereocenters. The van der Waals surface area contributed by atoms with E-state index in [0.29, 0.717) is 62.4 Å². The molecule has 2 aromatic rings. The van der Waals surface area contributed by atoms with E-state index in [1.54, 1.807) is 24.1 Å². The molecule has 3 aliphatic heterocycles. The van der Waals surface area contributed by atoms with Gasteiger partial charge in [-0.3, -0.25) is 29.4 Å². The molecular formula is C49H76N3O16P3S3. The molecule has 2 aromatic carbocycles. The number of nitrogens with one attached hydrogen (secondary N) is 1. The van der Waals surface area contributed by atoms with Crippen LogP contribution in [0.1, 0.15) is 123 Å². The van der Waals surface area contributed by atoms with Crippen molar-refractivity contribution in [3.05, 3.63) is 64.7 Å². The maximum atomic E-state index is 13.1. The van der Waals surface area contributed by atoms with Gasteiger partial charge in [0.05, 0.1) is 53.0 Å². The van der Waals surface area contributed by atoms with Crippen molar-refractivity contribution in [1.82, 2.24) is 15.1 Å². The van der Waals surface area contributed by atoms with E-state index in [1.165, 1.54) is 14.2 Å². The molecule has 2 bridgehead atoms. The summed E-state index contributed by atoms with van der Waals surface area (Å²) in [6, 6.07) is 13.8. The van der Waals surface area contributed by atoms with Crippen LogP contribution in [0.4, 0.5) is 0 Å². The Labute approximate surface area is 451 Å². The number of hydrogen-bond donors (Lipinski definition) is 4. The first kappa shape index (κ1) is 62.7. The normalized spacial score (nSPS) is 21.2. The summed E-state index contributed by atoms with van der Waals surface area (Å²) in [7, 11) is 4.08. The number of methoxy groups -OCH3 is 1. The standard InChI is InChI=1S/C49H76N3O16P3S3/c1-37-15-20-44(60-2)40(30-37)31-47(55)68-43-32-41-12-11-13-42(33-43)52(41)34-38-16-18-39(19-17-38)48(56)50-45(53)21-27-63-26-10-8-6-5-7-9-14-46(54)51-24-22-49(23-25-51,35-66-70(58,73)62-4)36-67-71(59,74)65-29-28-64-69(57,72)61-3/h15-20,30,41-43H,5-14,21-29,31-36H2,1-4H3,(H,57,72)(H,58,73)(H,59,74)(H,50,53,56). The van der Waals surface area contributed by atoms with Gasteiger partial charge in [0.15, 0.2) is 0 Å². The second-order valence-corrected chi connectivity index (χ2v) is 27.9. The number of fused-ring (bicyclic) bond motifs is 2. The van der Waals surface area contributed by atoms with Crippen LogP contribution < -0.4 is 10.1 Å². The molecule has 0 aromatic heterocycles. The molecule has 3 fully saturated rings. The van der Waals surface area contributed by atoms with Gasteiger partial charge in [0, 0.05) is 88.3 Å². The SMILES string of the molecule is COc1ccc(C)cc1CC(=O)OC1CC2CCCC(C1)N2Cc1ccc(C(=O)NC(=O)CCOCCCCCCCCC(=O)N2CCC(COP(O)(=S)OC)(COP(O)(=S)OCCOP(O)(=S)OC)CC2)cc1. The number of likely N-dealkylation sites (tertiary alicyclic amines) is 1. The van der Waals surface area contributed by atoms with E-state index in [-0.39, 0.29) is 63.9 Å². The Morgan fingerprint density at radius 1 is 0.730 bits per heavy atom. The zero-order valence-electron chi connectivity index (χ0n) is 43.1. The molecule has 25 heteroatoms. The van der Waals surface area contributed by atoms with Crippen molar-refractivity contribution < 1.29 is 75.2 Å². The molecule has 0 spiro atoms. The lowest BCUT2D eigenvalue weighted by molar-refractivity contribution is -0.154. The molecule has 416 valence electrons. The monoisotopic (exact) mass is 1150 g/mol. The van der Waals surface area contributed by atoms with Crippen molar-refractivity contribution in [1.29, 1.82) is 0 Å². The number of hydrogen-bond acceptors (Lipinski definition) is 17. The minimum atomic E-state index is -3.74. The van der Waals surface area contributed by atoms with Gasteiger partial charge >= 0.3 is 26.1 Å². The molecule has 5 unspecified atom stereocenters. The largest absolute Gasteiger partial charge is 0.496 e. The summed E-state index contributed by atoms with van der Waals surface area (Å²) < 4.78 is 48.4. The average molecular weight is 1150 g/mol. The zero-order chi connectivity index (χ0) is 53.8. The summed E-state index contributed by atoms with van der Waals surface area (Å²) in [6.07, 6.45) is 11.6. The Morgan fingerprint density at radius 2 is 1.32 bits per heavy atom. The maximum absolute atomic E-state index is 13.1. The number of imide groups is 1. The van der Waals surface area contributed by atoms with Crippen LogP contribution >= 0.6 is 20.2 Å². The van der Waals surface area contributed by atoms with Gasteiger partial charge in [-0.25, -0.2) is 0 Å². The van der Waals surface area contributed by atoms with Crippen LogP contribution in [0.3, 0.4) is 0 Å². The van der Waals surface area contributed by atoms with Gasteiger partial charge in [-0.15, -0.1) is 0 Å². The van der Waals surface area contributed by atoms with Crippen LogP contribution in [0.15, 0.2) is 42.5 Å². The number of carbonyl (C=O) groups excluding carboxylic acids is 4. The van der Waals surface area contributed by atoms with E-state index < -0.39 is 37.4 Å². The fraction of sp³-hybridized carbons (Fsp3) is 0.673. The highest BCUT2D eigenvalue weighted by molar-refractivity contribution is 8.07. The van der Waals surface area contributed by atoms with E-state index in [9.17, 15) is 33.9 Å². The number of ether oxygens (including phenoxy) is 3. The first-order valence-corrected chi connectivity index (χ1v) is 33.1. The summed E-state index contributed by atoms with van der Waals surface area (Å²) in [4.78, 5) is 86.5. The predicted octanol–water partition coefficient (Wildman–Crippen LogP) is 7.69. The lowest BCUT2D eigenvalue weighted by atomic mass is 9.80. The average Bonchev–Trinajstić information content (AvgIpc) is 3.36. The highest BCUT2D eigenvalue weighted by Crippen LogP contribution is 2.50. The second-order valence-electron chi connectivity index (χ2n) is 19.2. The quantitative estimate of drug-likeness (QED) is 0.0313. The highest BCUT2D eigenvalue weighted by atomic mass is 32.5. The third-order valence-corrected chi connectivity index (χ3v) is 18.7. The number of benzene rings is 2. The fourth-order valence-corrected chi connectivity index (χ4v) is 12.0. The van der Waals surface area contributed by atoms with Gasteiger partial charge in [-0.1, -0.05) is 61.9 Å². The molecule has 0 aliphatic carbocycles. The molecule has 5 rings (SSSR count). The van der Waals surface area contributed by atoms with Crippen molar-refractivity contribution in [3.8, 4) is 5.75 Å². The molecule has 3 aliphatic rings. The van der Waals surface area contributed by atoms with Gasteiger partial charge in [-0.2, -0.15) is 0 Å². The lowest BCUT2D eigenvalue weighted by Gasteiger charge is -2.48. The number of unbranched alkanes of at least 4 members (excludes halogenated alkanes) is 5. The van der Waals surface area contributed by atoms with E-state index in [1.807, 2.05) is 37.3 Å². The van der Waals surface area contributed by atoms with Gasteiger partial charge in [0.25, 0.3) is 5.91 Å². The van der Waals surface area contributed by atoms with E-state index in [2.05, 4.69) is 10.2 Å². The summed E-state index contributed by atoms with van der Waals surface area (Å²) in [5.74, 6) is -0.348. The van der Waals surface area contributed by atoms with Crippen LogP contribution in [0.25, 0.3) is 0 Å². The molecular weight excluding hydrogens is 1080 g/mol. The van der Waals surface area contributed by atoms with Crippen molar-refractivity contribution in [2.45, 2.75) is 134 Å². The van der Waals surface area contributed by atoms with Crippen LogP contribution in [0.2, 0.25) is 0 Å². The second kappa shape index (κ2) is 30.8. The molecule has 0 radical (unpaired) electrons. The van der Waals surface area contributed by atoms with Crippen LogP contribution in [0.5, 0.6) is 5.75 Å². The topological polar surface area (TPSA) is 231 Å². The molecule has 3 saturated heterocycles. The summed E-state index contributed by atoms with van der Waals surface area (Å²) in [6.45, 7) is -6.91. The molecule has 0 saturated carbocycles. The highest BCUT2D eigenvalue weighted by Gasteiger charge is 2.41. The Hall–Kier alpha value is -2.17. The minimum absolute atomic E-state index is 0.0400. The number of piperidine rings is 3. The smallest absolute Gasteiger partial charge is 0.324 e. The Kier molecular flexibility index (Phi) is 26.1. The van der Waals surface area contributed by atoms with Crippen molar-refractivity contribution >= 4 is 79.3 Å². The zero-order valence-corrected chi connectivity index (χ0v) is 48.2. The van der Waals surface area contributed by atoms with Crippen molar-refractivity contribution in [2.75, 3.05) is 74.1 Å². The van der Waals surface area contributed by atoms with Gasteiger partial charge < -0.3 is 60.9 Å². The number of carbonyl (C=O) groups is 4. The number of aryl methyl sites for hydroxylation is 1. The van der Waals surface area contributed by atoms with Gasteiger partial charge in [0.1, 0.15) is 11.9 Å². The third-order valence-electron chi connectivity index (χ3n) is 13.7. The maximum Gasteiger partial charge on any atom is 0.324 e. The van der Waals surface area contributed by atoms with Crippen LogP contribution in [-0.2, 0) is 99.4 Å². The summed E-state index contributed by atoms with van der Waals surface area (Å²) in [5, 5.41) is 2.47. The van der Waals surface area contributed by atoms with E-state index >= 15 is 0 Å². The van der Waals surface area contributed by atoms with Crippen molar-refractivity contribution in [3.63, 3.8) is 0 Å². The predicted molar refractivity (Wildman–Crippen MR) is 290 cm³/mol. The van der Waals surface area contributed by atoms with Crippen LogP contribution in [0, 0.1) is 12.3 Å². The molecule has 4 N–H and O–H groups in total. The number of amides is 3. The molecule has 3 heterocycles.